The zero-order valence-electron chi connectivity index (χ0n) is 8.69. The predicted octanol–water partition coefficient (Wildman–Crippen LogP) is 1.06. The van der Waals surface area contributed by atoms with Gasteiger partial charge in [0.2, 0.25) is 0 Å². The molecule has 84 valence electrons. The first-order chi connectivity index (χ1) is 7.58. The average molecular weight is 221 g/mol. The quantitative estimate of drug-likeness (QED) is 0.452. The van der Waals surface area contributed by atoms with Crippen LogP contribution in [0.2, 0.25) is 0 Å². The fourth-order valence-corrected chi connectivity index (χ4v) is 1.12. The monoisotopic (exact) mass is 221 g/mol. The van der Waals surface area contributed by atoms with Crippen LogP contribution in [0.5, 0.6) is 0 Å². The lowest BCUT2D eigenvalue weighted by molar-refractivity contribution is -0.389. The fraction of sp³-hybridized carbons (Fsp3) is 0.300. The molecule has 0 aliphatic carbocycles. The van der Waals surface area contributed by atoms with E-state index in [-0.39, 0.29) is 17.6 Å². The van der Waals surface area contributed by atoms with Crippen molar-refractivity contribution < 1.29 is 9.72 Å². The fourth-order valence-electron chi connectivity index (χ4n) is 1.12. The molecule has 1 aromatic heterocycles. The molecule has 1 heterocycles. The summed E-state index contributed by atoms with van der Waals surface area (Å²) in [6.45, 7) is 1.84. The van der Waals surface area contributed by atoms with Gasteiger partial charge in [0.05, 0.1) is 6.04 Å². The highest BCUT2D eigenvalue weighted by Gasteiger charge is 2.16. The molecule has 1 unspecified atom stereocenters. The summed E-state index contributed by atoms with van der Waals surface area (Å²) in [6.07, 6.45) is 5.78. The van der Waals surface area contributed by atoms with Crippen LogP contribution in [0, 0.1) is 22.5 Å². The van der Waals surface area contributed by atoms with E-state index in [1.165, 1.54) is 12.1 Å². The molecule has 0 radical (unpaired) electrons. The van der Waals surface area contributed by atoms with Gasteiger partial charge in [0, 0.05) is 6.07 Å². The van der Waals surface area contributed by atoms with Crippen LogP contribution in [0.25, 0.3) is 0 Å². The molecular formula is C10H11N3O3. The summed E-state index contributed by atoms with van der Waals surface area (Å²) in [5.41, 5.74) is 0.125. The number of nitro groups is 1. The third-order valence-corrected chi connectivity index (χ3v) is 2.03. The van der Waals surface area contributed by atoms with Crippen molar-refractivity contribution in [2.75, 3.05) is 0 Å². The SMILES string of the molecule is C#CC(CC)NC(=O)c1ccc([N+](=O)[O-])[nH]1. The minimum Gasteiger partial charge on any atom is -0.358 e. The molecule has 0 saturated carbocycles. The second-order valence-corrected chi connectivity index (χ2v) is 3.12. The van der Waals surface area contributed by atoms with Crippen LogP contribution in [0.3, 0.4) is 0 Å². The number of aromatic nitrogens is 1. The molecule has 16 heavy (non-hydrogen) atoms. The summed E-state index contributed by atoms with van der Waals surface area (Å²) in [7, 11) is 0. The Bertz CT molecular complexity index is 444. The molecule has 0 saturated heterocycles. The second kappa shape index (κ2) is 4.98. The number of rotatable bonds is 4. The van der Waals surface area contributed by atoms with Gasteiger partial charge in [-0.25, -0.2) is 4.98 Å². The number of carbonyl (C=O) groups excluding carboxylic acids is 1. The molecule has 1 rings (SSSR count). The molecule has 0 bridgehead atoms. The van der Waals surface area contributed by atoms with Crippen molar-refractivity contribution in [1.82, 2.24) is 10.3 Å². The molecule has 0 aromatic carbocycles. The van der Waals surface area contributed by atoms with Gasteiger partial charge in [-0.3, -0.25) is 4.79 Å². The van der Waals surface area contributed by atoms with Crippen LogP contribution in [0.15, 0.2) is 12.1 Å². The van der Waals surface area contributed by atoms with Gasteiger partial charge in [0.25, 0.3) is 5.91 Å². The van der Waals surface area contributed by atoms with Crippen molar-refractivity contribution in [2.24, 2.45) is 0 Å². The number of nitrogens with zero attached hydrogens (tertiary/aromatic N) is 1. The molecule has 0 spiro atoms. The number of amides is 1. The largest absolute Gasteiger partial charge is 0.358 e. The number of aromatic amines is 1. The second-order valence-electron chi connectivity index (χ2n) is 3.12. The van der Waals surface area contributed by atoms with Gasteiger partial charge in [-0.05, 0) is 17.4 Å². The molecule has 0 aliphatic rings. The Morgan fingerprint density at radius 2 is 2.44 bits per heavy atom. The summed E-state index contributed by atoms with van der Waals surface area (Å²) in [4.78, 5) is 23.7. The number of carbonyl (C=O) groups is 1. The van der Waals surface area contributed by atoms with Crippen LogP contribution >= 0.6 is 0 Å². The first-order valence-electron chi connectivity index (χ1n) is 4.68. The molecule has 6 nitrogen and oxygen atoms in total. The lowest BCUT2D eigenvalue weighted by Gasteiger charge is -2.07. The van der Waals surface area contributed by atoms with E-state index in [4.69, 9.17) is 6.42 Å². The lowest BCUT2D eigenvalue weighted by atomic mass is 10.2. The maximum absolute atomic E-state index is 11.5. The minimum absolute atomic E-state index is 0.125. The van der Waals surface area contributed by atoms with E-state index in [0.717, 1.165) is 0 Å². The van der Waals surface area contributed by atoms with E-state index >= 15 is 0 Å². The summed E-state index contributed by atoms with van der Waals surface area (Å²) in [5, 5.41) is 12.9. The smallest absolute Gasteiger partial charge is 0.321 e. The minimum atomic E-state index is -0.602. The van der Waals surface area contributed by atoms with Crippen molar-refractivity contribution in [2.45, 2.75) is 19.4 Å². The standard InChI is InChI=1S/C10H11N3O3/c1-3-7(4-2)11-10(14)8-5-6-9(12-8)13(15)16/h1,5-7,12H,4H2,2H3,(H,11,14). The normalized spacial score (nSPS) is 11.5. The van der Waals surface area contributed by atoms with Crippen LogP contribution in [-0.4, -0.2) is 21.9 Å². The van der Waals surface area contributed by atoms with E-state index < -0.39 is 10.8 Å². The Morgan fingerprint density at radius 1 is 1.75 bits per heavy atom. The third kappa shape index (κ3) is 2.60. The zero-order valence-corrected chi connectivity index (χ0v) is 8.69. The molecule has 6 heteroatoms. The van der Waals surface area contributed by atoms with E-state index in [9.17, 15) is 14.9 Å². The van der Waals surface area contributed by atoms with Gasteiger partial charge in [0.1, 0.15) is 0 Å². The summed E-state index contributed by atoms with van der Waals surface area (Å²) in [6, 6.07) is 2.21. The van der Waals surface area contributed by atoms with E-state index in [2.05, 4.69) is 16.2 Å². The first-order valence-corrected chi connectivity index (χ1v) is 4.68. The number of hydrogen-bond donors (Lipinski definition) is 2. The highest BCUT2D eigenvalue weighted by Crippen LogP contribution is 2.09. The van der Waals surface area contributed by atoms with Crippen LogP contribution in [0.4, 0.5) is 5.82 Å². The highest BCUT2D eigenvalue weighted by molar-refractivity contribution is 5.93. The van der Waals surface area contributed by atoms with E-state index in [0.29, 0.717) is 6.42 Å². The Kier molecular flexibility index (Phi) is 3.67. The molecule has 1 atom stereocenters. The van der Waals surface area contributed by atoms with Crippen LogP contribution < -0.4 is 5.32 Å². The molecule has 1 amide bonds. The molecule has 0 fully saturated rings. The molecular weight excluding hydrogens is 210 g/mol. The van der Waals surface area contributed by atoms with Gasteiger partial charge in [0.15, 0.2) is 5.69 Å². The number of terminal acetylenes is 1. The Morgan fingerprint density at radius 3 is 2.88 bits per heavy atom. The maximum Gasteiger partial charge on any atom is 0.321 e. The Balaban J connectivity index is 2.74. The first kappa shape index (κ1) is 11.8. The van der Waals surface area contributed by atoms with E-state index in [1.807, 2.05) is 6.92 Å². The van der Waals surface area contributed by atoms with Gasteiger partial charge < -0.3 is 15.4 Å². The molecule has 1 aromatic rings. The molecule has 2 N–H and O–H groups in total. The van der Waals surface area contributed by atoms with Gasteiger partial charge in [-0.1, -0.05) is 12.8 Å². The van der Waals surface area contributed by atoms with Crippen molar-refractivity contribution in [3.63, 3.8) is 0 Å². The zero-order chi connectivity index (χ0) is 12.1. The lowest BCUT2D eigenvalue weighted by Crippen LogP contribution is -2.33. The van der Waals surface area contributed by atoms with Crippen molar-refractivity contribution in [3.8, 4) is 12.3 Å². The number of nitrogens with one attached hydrogen (secondary N) is 2. The summed E-state index contributed by atoms with van der Waals surface area (Å²) >= 11 is 0. The van der Waals surface area contributed by atoms with Crippen molar-refractivity contribution in [1.29, 1.82) is 0 Å². The van der Waals surface area contributed by atoms with E-state index in [1.54, 1.807) is 0 Å². The maximum atomic E-state index is 11.5. The summed E-state index contributed by atoms with van der Waals surface area (Å²) < 4.78 is 0. The topological polar surface area (TPSA) is 88.0 Å². The number of H-pyrrole nitrogens is 1. The van der Waals surface area contributed by atoms with Crippen LogP contribution in [0.1, 0.15) is 23.8 Å². The highest BCUT2D eigenvalue weighted by atomic mass is 16.6. The third-order valence-electron chi connectivity index (χ3n) is 2.03. The average Bonchev–Trinajstić information content (AvgIpc) is 2.74. The van der Waals surface area contributed by atoms with Crippen molar-refractivity contribution >= 4 is 11.7 Å². The predicted molar refractivity (Wildman–Crippen MR) is 57.8 cm³/mol. The Hall–Kier alpha value is -2.29. The van der Waals surface area contributed by atoms with Crippen LogP contribution in [-0.2, 0) is 0 Å². The van der Waals surface area contributed by atoms with Crippen molar-refractivity contribution in [3.05, 3.63) is 27.9 Å². The Labute approximate surface area is 92.2 Å². The van der Waals surface area contributed by atoms with Gasteiger partial charge >= 0.3 is 5.82 Å². The van der Waals surface area contributed by atoms with Gasteiger partial charge in [-0.15, -0.1) is 6.42 Å². The summed E-state index contributed by atoms with van der Waals surface area (Å²) in [5.74, 6) is 1.73. The number of hydrogen-bond acceptors (Lipinski definition) is 3. The molecule has 0 aliphatic heterocycles. The van der Waals surface area contributed by atoms with Gasteiger partial charge in [-0.2, -0.15) is 0 Å².